The molecule has 0 aliphatic carbocycles. The van der Waals surface area contributed by atoms with Gasteiger partial charge in [0, 0.05) is 87.7 Å². The van der Waals surface area contributed by atoms with Crippen LogP contribution in [0.1, 0.15) is 150 Å². The third kappa shape index (κ3) is 16.6. The molecule has 10 aromatic rings. The van der Waals surface area contributed by atoms with E-state index in [1.807, 2.05) is 75.4 Å². The van der Waals surface area contributed by atoms with Gasteiger partial charge in [0.2, 0.25) is 0 Å². The Morgan fingerprint density at radius 1 is 0.500 bits per heavy atom. The van der Waals surface area contributed by atoms with Crippen molar-refractivity contribution in [2.45, 2.75) is 140 Å². The summed E-state index contributed by atoms with van der Waals surface area (Å²) in [7, 11) is 1.16. The second-order valence-electron chi connectivity index (χ2n) is 24.7. The van der Waals surface area contributed by atoms with E-state index < -0.39 is 10.0 Å². The van der Waals surface area contributed by atoms with Crippen LogP contribution in [0.3, 0.4) is 0 Å². The average Bonchev–Trinajstić information content (AvgIpc) is 1.34. The van der Waals surface area contributed by atoms with E-state index in [9.17, 15) is 26.0 Å². The summed E-state index contributed by atoms with van der Waals surface area (Å²) in [6.07, 6.45) is 1.12. The minimum absolute atomic E-state index is 0.0816. The molecular formula is C77H89F4N6O4S+. The number of aromatic nitrogens is 5. The lowest BCUT2D eigenvalue weighted by Crippen LogP contribution is -2.47. The van der Waals surface area contributed by atoms with Gasteiger partial charge in [0.15, 0.2) is 6.73 Å². The summed E-state index contributed by atoms with van der Waals surface area (Å²) in [5, 5.41) is 1.23. The van der Waals surface area contributed by atoms with E-state index in [0.29, 0.717) is 30.4 Å². The van der Waals surface area contributed by atoms with Crippen LogP contribution in [0.5, 0.6) is 0 Å². The van der Waals surface area contributed by atoms with Gasteiger partial charge < -0.3 is 14.0 Å². The summed E-state index contributed by atoms with van der Waals surface area (Å²) in [4.78, 5) is 14.4. The molecule has 10 rings (SSSR count). The topological polar surface area (TPSA) is 103 Å². The van der Waals surface area contributed by atoms with E-state index in [2.05, 4.69) is 128 Å². The monoisotopic (exact) mass is 1270 g/mol. The third-order valence-electron chi connectivity index (χ3n) is 16.2. The molecule has 0 unspecified atom stereocenters. The van der Waals surface area contributed by atoms with Gasteiger partial charge in [0.25, 0.3) is 10.0 Å². The first kappa shape index (κ1) is 71.1. The largest absolute Gasteiger partial charge is 0.411 e. The molecule has 0 bridgehead atoms. The zero-order chi connectivity index (χ0) is 67.5. The van der Waals surface area contributed by atoms with E-state index in [1.165, 1.54) is 84.8 Å². The number of para-hydroxylation sites is 1. The number of methoxy groups -OCH3 is 2. The van der Waals surface area contributed by atoms with Crippen LogP contribution >= 0.6 is 0 Å². The molecule has 0 spiro atoms. The third-order valence-corrected chi connectivity index (χ3v) is 17.3. The van der Waals surface area contributed by atoms with Crippen LogP contribution < -0.4 is 8.87 Å². The molecule has 4 heterocycles. The van der Waals surface area contributed by atoms with Gasteiger partial charge in [-0.05, 0) is 171 Å². The van der Waals surface area contributed by atoms with Crippen molar-refractivity contribution in [3.05, 3.63) is 232 Å². The van der Waals surface area contributed by atoms with Crippen molar-refractivity contribution in [2.24, 2.45) is 0 Å². The number of fused-ring (bicyclic) bond motifs is 1. The van der Waals surface area contributed by atoms with Crippen LogP contribution in [0, 0.1) is 51.0 Å². The number of ether oxygens (including phenoxy) is 2. The Bertz CT molecular complexity index is 4230. The molecule has 15 heteroatoms. The number of anilines is 1. The first-order valence-electron chi connectivity index (χ1n) is 31.2. The summed E-state index contributed by atoms with van der Waals surface area (Å²) in [6, 6.07) is 47.3. The van der Waals surface area contributed by atoms with E-state index in [1.54, 1.807) is 23.8 Å². The number of hydrogen-bond donors (Lipinski definition) is 0. The first-order valence-corrected chi connectivity index (χ1v) is 33.0. The molecule has 484 valence electrons. The number of halogens is 4. The van der Waals surface area contributed by atoms with Gasteiger partial charge in [-0.3, -0.25) is 9.97 Å². The summed E-state index contributed by atoms with van der Waals surface area (Å²) in [5.41, 5.74) is 20.9. The van der Waals surface area contributed by atoms with Gasteiger partial charge in [0.1, 0.15) is 34.7 Å². The first-order chi connectivity index (χ1) is 43.6. The van der Waals surface area contributed by atoms with Crippen molar-refractivity contribution < 1.29 is 40.0 Å². The zero-order valence-corrected chi connectivity index (χ0v) is 57.4. The molecule has 4 aromatic heterocycles. The van der Waals surface area contributed by atoms with Crippen LogP contribution in [0.15, 0.2) is 158 Å². The molecule has 0 saturated carbocycles. The van der Waals surface area contributed by atoms with Gasteiger partial charge in [-0.15, -0.1) is 0 Å². The minimum Gasteiger partial charge on any atom is -0.380 e. The van der Waals surface area contributed by atoms with Crippen LogP contribution in [-0.2, 0) is 32.8 Å². The molecular weight excluding hydrogens is 1180 g/mol. The smallest absolute Gasteiger partial charge is 0.380 e. The van der Waals surface area contributed by atoms with Crippen molar-refractivity contribution in [2.75, 3.05) is 31.8 Å². The molecule has 6 aromatic carbocycles. The number of sulfonamides is 1. The minimum atomic E-state index is -3.52. The quantitative estimate of drug-likeness (QED) is 0.0701. The van der Waals surface area contributed by atoms with Gasteiger partial charge in [0.05, 0.1) is 25.6 Å². The Labute approximate surface area is 543 Å². The van der Waals surface area contributed by atoms with Crippen LogP contribution in [-0.4, -0.2) is 55.5 Å². The fraction of sp³-hybridized carbons (Fsp3) is 0.325. The molecule has 0 fully saturated rings. The highest BCUT2D eigenvalue weighted by molar-refractivity contribution is 7.92. The Balaban J connectivity index is 0.000000175. The second-order valence-corrected chi connectivity index (χ2v) is 26.7. The van der Waals surface area contributed by atoms with Crippen molar-refractivity contribution in [3.63, 3.8) is 0 Å². The molecule has 92 heavy (non-hydrogen) atoms. The number of rotatable bonds is 16. The standard InChI is InChI=1S/C21H20FN.C20H26FNO.C18H25FN3O3S.C18H18FN/c1-14(2)21-15(3)19(16-9-11-18(22)12-10-16)13-20(23-21)17-7-5-4-6-8-17;1-12(2)19-14(5)18(15-7-9-16(21)10-8-15)17(11-23-6)20(22-19)13(3)4;1-12(2)16-13(3)17(14-7-9-15(19)10-8-14)22(11-25-5)18(20-16)21(4)26(6,23)24;1-12(2)20-13(3)18(14-8-10-15(19)11-9-14)16-6-4-5-7-17(16)20/h4-14H,1-3H3;7-10,12-13H,11H2,1-6H3;7-10,12H,11H2,1-6H3;4-12H,1-3H3/q;;+1;. The van der Waals surface area contributed by atoms with Crippen LogP contribution in [0.4, 0.5) is 23.5 Å². The summed E-state index contributed by atoms with van der Waals surface area (Å²) in [6.45, 7) is 30.2. The highest BCUT2D eigenvalue weighted by atomic mass is 32.2. The van der Waals surface area contributed by atoms with Crippen molar-refractivity contribution >= 4 is 26.9 Å². The summed E-state index contributed by atoms with van der Waals surface area (Å²) >= 11 is 0. The summed E-state index contributed by atoms with van der Waals surface area (Å²) < 4.78 is 93.3. The Kier molecular flexibility index (Phi) is 24.2. The molecule has 0 saturated heterocycles. The van der Waals surface area contributed by atoms with Gasteiger partial charge >= 0.3 is 5.95 Å². The number of hydrogen-bond acceptors (Lipinski definition) is 7. The van der Waals surface area contributed by atoms with E-state index in [4.69, 9.17) is 19.4 Å². The maximum absolute atomic E-state index is 13.4. The lowest BCUT2D eigenvalue weighted by Gasteiger charge is -2.23. The Morgan fingerprint density at radius 3 is 1.41 bits per heavy atom. The predicted molar refractivity (Wildman–Crippen MR) is 369 cm³/mol. The zero-order valence-electron chi connectivity index (χ0n) is 56.5. The molecule has 0 radical (unpaired) electrons. The van der Waals surface area contributed by atoms with Crippen LogP contribution in [0.2, 0.25) is 0 Å². The molecule has 10 nitrogen and oxygen atoms in total. The van der Waals surface area contributed by atoms with E-state index in [0.717, 1.165) is 106 Å². The Hall–Kier alpha value is -8.37. The molecule has 0 N–H and O–H groups in total. The van der Waals surface area contributed by atoms with Gasteiger partial charge in [-0.25, -0.2) is 22.1 Å². The molecule has 0 amide bonds. The Morgan fingerprint density at radius 2 is 0.946 bits per heavy atom. The van der Waals surface area contributed by atoms with Gasteiger partial charge in [-0.2, -0.15) is 12.7 Å². The number of benzene rings is 6. The highest BCUT2D eigenvalue weighted by Crippen LogP contribution is 2.39. The van der Waals surface area contributed by atoms with Crippen LogP contribution in [0.25, 0.3) is 66.8 Å². The normalized spacial score (nSPS) is 11.5. The molecule has 0 aliphatic rings. The summed E-state index contributed by atoms with van der Waals surface area (Å²) in [5.74, 6) is 0.338. The number of pyridine rings is 2. The highest BCUT2D eigenvalue weighted by Gasteiger charge is 2.33. The van der Waals surface area contributed by atoms with E-state index in [-0.39, 0.29) is 41.9 Å². The maximum Gasteiger partial charge on any atom is 0.411 e. The number of nitrogens with zero attached hydrogens (tertiary/aromatic N) is 6. The molecule has 0 aliphatic heterocycles. The van der Waals surface area contributed by atoms with E-state index >= 15 is 0 Å². The van der Waals surface area contributed by atoms with Crippen molar-refractivity contribution in [3.8, 4) is 55.9 Å². The van der Waals surface area contributed by atoms with Crippen molar-refractivity contribution in [1.29, 1.82) is 0 Å². The fourth-order valence-corrected chi connectivity index (χ4v) is 12.3. The fourth-order valence-electron chi connectivity index (χ4n) is 11.9. The van der Waals surface area contributed by atoms with Gasteiger partial charge in [-0.1, -0.05) is 145 Å². The molecule has 0 atom stereocenters. The second kappa shape index (κ2) is 31.3. The van der Waals surface area contributed by atoms with Crippen molar-refractivity contribution in [1.82, 2.24) is 19.5 Å². The lowest BCUT2D eigenvalue weighted by molar-refractivity contribution is -0.711. The lowest BCUT2D eigenvalue weighted by atomic mass is 9.88. The SMILES string of the molecule is COC[n+]1c(N(C)S(C)(=O)=O)nc(C(C)C)c(C)c1-c1ccc(F)cc1.COCc1c(C(C)C)nc(C(C)C)c(C)c1-c1ccc(F)cc1.Cc1c(-c2ccc(F)cc2)c2ccccc2n1C(C)C.Cc1c(-c2ccc(F)cc2)cc(-c2ccccc2)nc1C(C)C. The maximum atomic E-state index is 13.4. The average molecular weight is 1270 g/mol. The predicted octanol–water partition coefficient (Wildman–Crippen LogP) is 19.5.